The first-order valence-electron chi connectivity index (χ1n) is 12.0. The second-order valence-electron chi connectivity index (χ2n) is 9.54. The van der Waals surface area contributed by atoms with Crippen molar-refractivity contribution in [2.24, 2.45) is 11.8 Å². The van der Waals surface area contributed by atoms with Crippen molar-refractivity contribution in [1.82, 2.24) is 14.7 Å². The number of fused-ring (bicyclic) bond motifs is 3. The number of imide groups is 1. The number of methoxy groups -OCH3 is 1. The van der Waals surface area contributed by atoms with Gasteiger partial charge in [-0.05, 0) is 24.6 Å². The van der Waals surface area contributed by atoms with Crippen molar-refractivity contribution in [3.63, 3.8) is 0 Å². The number of likely N-dealkylation sites (tertiary alicyclic amines) is 1. The highest BCUT2D eigenvalue weighted by Gasteiger charge is 2.75. The summed E-state index contributed by atoms with van der Waals surface area (Å²) >= 11 is 0. The third kappa shape index (κ3) is 3.64. The Kier molecular flexibility index (Phi) is 6.10. The van der Waals surface area contributed by atoms with E-state index < -0.39 is 59.6 Å². The Bertz CT molecular complexity index is 1270. The van der Waals surface area contributed by atoms with Gasteiger partial charge in [-0.25, -0.2) is 0 Å². The van der Waals surface area contributed by atoms with Gasteiger partial charge in [0.05, 0.1) is 32.1 Å². The molecule has 3 aliphatic rings. The van der Waals surface area contributed by atoms with Crippen LogP contribution in [0.3, 0.4) is 0 Å². The predicted octanol–water partition coefficient (Wildman–Crippen LogP) is 0.0615. The topological polar surface area (TPSA) is 138 Å². The number of ether oxygens (including phenoxy) is 1. The van der Waals surface area contributed by atoms with Gasteiger partial charge in [0.25, 0.3) is 0 Å². The minimum absolute atomic E-state index is 0.0389. The zero-order chi connectivity index (χ0) is 26.5. The van der Waals surface area contributed by atoms with E-state index in [0.29, 0.717) is 11.3 Å². The van der Waals surface area contributed by atoms with Crippen LogP contribution in [-0.4, -0.2) is 88.3 Å². The van der Waals surface area contributed by atoms with E-state index in [2.05, 4.69) is 4.74 Å². The molecule has 3 aliphatic heterocycles. The number of piperazine rings is 1. The first-order valence-corrected chi connectivity index (χ1v) is 12.0. The second-order valence-corrected chi connectivity index (χ2v) is 9.54. The number of rotatable bonds is 7. The van der Waals surface area contributed by atoms with E-state index in [4.69, 9.17) is 4.42 Å². The van der Waals surface area contributed by atoms with Crippen LogP contribution in [-0.2, 0) is 35.1 Å². The summed E-state index contributed by atoms with van der Waals surface area (Å²) in [6.07, 6.45) is -0.0389. The lowest BCUT2D eigenvalue weighted by molar-refractivity contribution is -0.170. The standard InChI is InChI=1S/C26H27N3O8/c1-15-8-9-17(37-15)22-20-21(24(34)28(23(20)33)14-19(32)36-2)26(12-16-6-4-3-5-7-16)25(35)27(10-11-30)13-18(31)29(22)26/h3-9,20-22,30H,10-14H2,1-2H3/t20-,21-,22-,26-/m1/s1. The van der Waals surface area contributed by atoms with Crippen LogP contribution in [0, 0.1) is 18.8 Å². The first-order chi connectivity index (χ1) is 17.7. The van der Waals surface area contributed by atoms with Crippen molar-refractivity contribution in [2.45, 2.75) is 24.9 Å². The van der Waals surface area contributed by atoms with E-state index in [1.807, 2.05) is 0 Å². The van der Waals surface area contributed by atoms with Crippen LogP contribution in [0.1, 0.15) is 23.1 Å². The van der Waals surface area contributed by atoms with Crippen molar-refractivity contribution in [2.75, 3.05) is 33.4 Å². The molecule has 0 aliphatic carbocycles. The molecule has 5 rings (SSSR count). The van der Waals surface area contributed by atoms with Crippen molar-refractivity contribution in [3.8, 4) is 0 Å². The van der Waals surface area contributed by atoms with E-state index in [-0.39, 0.29) is 31.9 Å². The van der Waals surface area contributed by atoms with Gasteiger partial charge in [0.1, 0.15) is 29.6 Å². The molecule has 0 spiro atoms. The quantitative estimate of drug-likeness (QED) is 0.409. The second kappa shape index (κ2) is 9.15. The van der Waals surface area contributed by atoms with E-state index >= 15 is 0 Å². The van der Waals surface area contributed by atoms with Crippen LogP contribution in [0.2, 0.25) is 0 Å². The highest BCUT2D eigenvalue weighted by atomic mass is 16.5. The van der Waals surface area contributed by atoms with Gasteiger partial charge in [0.2, 0.25) is 23.6 Å². The summed E-state index contributed by atoms with van der Waals surface area (Å²) in [5.41, 5.74) is -1.08. The fourth-order valence-corrected chi connectivity index (χ4v) is 6.07. The van der Waals surface area contributed by atoms with Crippen molar-refractivity contribution < 1.29 is 38.2 Å². The molecule has 4 atom stereocenters. The molecule has 4 heterocycles. The summed E-state index contributed by atoms with van der Waals surface area (Å²) in [6, 6.07) is 11.2. The van der Waals surface area contributed by atoms with Crippen molar-refractivity contribution in [1.29, 1.82) is 0 Å². The molecule has 1 N–H and O–H groups in total. The molecule has 37 heavy (non-hydrogen) atoms. The summed E-state index contributed by atoms with van der Waals surface area (Å²) in [7, 11) is 1.15. The number of carbonyl (C=O) groups is 5. The van der Waals surface area contributed by atoms with Crippen molar-refractivity contribution in [3.05, 3.63) is 59.5 Å². The average molecular weight is 510 g/mol. The normalized spacial score (nSPS) is 27.1. The highest BCUT2D eigenvalue weighted by molar-refractivity contribution is 6.13. The van der Waals surface area contributed by atoms with Crippen LogP contribution in [0.4, 0.5) is 0 Å². The molecule has 0 saturated carbocycles. The first kappa shape index (κ1) is 24.7. The molecule has 0 bridgehead atoms. The monoisotopic (exact) mass is 509 g/mol. The molecule has 11 heteroatoms. The minimum Gasteiger partial charge on any atom is -0.468 e. The number of amides is 4. The van der Waals surface area contributed by atoms with Crippen LogP contribution in [0.15, 0.2) is 46.9 Å². The zero-order valence-electron chi connectivity index (χ0n) is 20.5. The molecule has 3 fully saturated rings. The maximum absolute atomic E-state index is 14.2. The van der Waals surface area contributed by atoms with Crippen LogP contribution >= 0.6 is 0 Å². The smallest absolute Gasteiger partial charge is 0.325 e. The van der Waals surface area contributed by atoms with Crippen LogP contribution in [0.5, 0.6) is 0 Å². The summed E-state index contributed by atoms with van der Waals surface area (Å²) in [4.78, 5) is 71.1. The van der Waals surface area contributed by atoms with E-state index in [0.717, 1.165) is 12.0 Å². The maximum atomic E-state index is 14.2. The van der Waals surface area contributed by atoms with Gasteiger partial charge in [-0.2, -0.15) is 0 Å². The Hall–Kier alpha value is -3.99. The molecule has 1 aromatic heterocycles. The highest BCUT2D eigenvalue weighted by Crippen LogP contribution is 2.58. The summed E-state index contributed by atoms with van der Waals surface area (Å²) in [5.74, 6) is -4.77. The number of hydrogen-bond acceptors (Lipinski definition) is 8. The van der Waals surface area contributed by atoms with Gasteiger partial charge >= 0.3 is 5.97 Å². The third-order valence-electron chi connectivity index (χ3n) is 7.51. The Morgan fingerprint density at radius 2 is 1.84 bits per heavy atom. The number of aliphatic hydroxyl groups excluding tert-OH is 1. The van der Waals surface area contributed by atoms with E-state index in [1.165, 1.54) is 9.80 Å². The number of nitrogens with zero attached hydrogens (tertiary/aromatic N) is 3. The third-order valence-corrected chi connectivity index (χ3v) is 7.51. The Morgan fingerprint density at radius 1 is 1.11 bits per heavy atom. The fourth-order valence-electron chi connectivity index (χ4n) is 6.07. The SMILES string of the molecule is COC(=O)CN1C(=O)[C@H]2[C@@H](c3ccc(C)o3)N3C(=O)CN(CCO)C(=O)[C@@]3(Cc3ccccc3)[C@H]2C1=O. The number of benzene rings is 1. The maximum Gasteiger partial charge on any atom is 0.325 e. The zero-order valence-corrected chi connectivity index (χ0v) is 20.5. The molecular formula is C26H27N3O8. The molecule has 4 amide bonds. The summed E-state index contributed by atoms with van der Waals surface area (Å²) in [5, 5.41) is 9.60. The number of aliphatic hydroxyl groups is 1. The fraction of sp³-hybridized carbons (Fsp3) is 0.423. The number of hydrogen-bond donors (Lipinski definition) is 1. The Labute approximate surface area is 212 Å². The molecule has 194 valence electrons. The lowest BCUT2D eigenvalue weighted by Gasteiger charge is -2.48. The van der Waals surface area contributed by atoms with Gasteiger partial charge in [-0.1, -0.05) is 30.3 Å². The summed E-state index contributed by atoms with van der Waals surface area (Å²) < 4.78 is 10.6. The number of β-amino-alcohol motifs (C(OH)–C–C–N with tert-alkyl or cyclic N) is 1. The van der Waals surface area contributed by atoms with Crippen LogP contribution < -0.4 is 0 Å². The van der Waals surface area contributed by atoms with Gasteiger partial charge in [-0.15, -0.1) is 0 Å². The Balaban J connectivity index is 1.74. The van der Waals surface area contributed by atoms with Gasteiger partial charge in [0.15, 0.2) is 0 Å². The molecule has 11 nitrogen and oxygen atoms in total. The largest absolute Gasteiger partial charge is 0.468 e. The molecule has 3 saturated heterocycles. The molecule has 2 aromatic rings. The molecule has 1 aromatic carbocycles. The molecule has 0 unspecified atom stereocenters. The predicted molar refractivity (Wildman–Crippen MR) is 125 cm³/mol. The number of carbonyl (C=O) groups excluding carboxylic acids is 5. The van der Waals surface area contributed by atoms with Crippen molar-refractivity contribution >= 4 is 29.6 Å². The number of aryl methyl sites for hydroxylation is 1. The number of furan rings is 1. The van der Waals surface area contributed by atoms with E-state index in [1.54, 1.807) is 49.4 Å². The lowest BCUT2D eigenvalue weighted by atomic mass is 9.74. The Morgan fingerprint density at radius 3 is 2.46 bits per heavy atom. The summed E-state index contributed by atoms with van der Waals surface area (Å²) in [6.45, 7) is 0.320. The van der Waals surface area contributed by atoms with Gasteiger partial charge in [-0.3, -0.25) is 28.9 Å². The average Bonchev–Trinajstić information content (AvgIpc) is 3.51. The number of esters is 1. The van der Waals surface area contributed by atoms with Crippen LogP contribution in [0.25, 0.3) is 0 Å². The molecule has 0 radical (unpaired) electrons. The van der Waals surface area contributed by atoms with E-state index in [9.17, 15) is 29.1 Å². The lowest BCUT2D eigenvalue weighted by Crippen LogP contribution is -2.70. The van der Waals surface area contributed by atoms with Gasteiger partial charge < -0.3 is 24.1 Å². The minimum atomic E-state index is -1.76. The molecular weight excluding hydrogens is 482 g/mol. The van der Waals surface area contributed by atoms with Gasteiger partial charge in [0, 0.05) is 13.0 Å².